The molecule has 1 aliphatic heterocycles. The highest BCUT2D eigenvalue weighted by Gasteiger charge is 2.35. The van der Waals surface area contributed by atoms with Crippen LogP contribution in [0.25, 0.3) is 11.1 Å². The molecule has 0 saturated carbocycles. The molecule has 0 aromatic heterocycles. The Labute approximate surface area is 180 Å². The van der Waals surface area contributed by atoms with Crippen LogP contribution >= 0.6 is 0 Å². The van der Waals surface area contributed by atoms with Gasteiger partial charge in [0, 0.05) is 16.8 Å². The average Bonchev–Trinajstić information content (AvgIpc) is 2.77. The van der Waals surface area contributed by atoms with E-state index in [9.17, 15) is 18.0 Å². The van der Waals surface area contributed by atoms with Crippen molar-refractivity contribution in [3.8, 4) is 11.1 Å². The number of carbonyl (C=O) groups excluding carboxylic acids is 2. The predicted molar refractivity (Wildman–Crippen MR) is 118 cm³/mol. The quantitative estimate of drug-likeness (QED) is 0.631. The van der Waals surface area contributed by atoms with E-state index in [-0.39, 0.29) is 4.90 Å². The van der Waals surface area contributed by atoms with Crippen LogP contribution < -0.4 is 9.62 Å². The Morgan fingerprint density at radius 2 is 1.61 bits per heavy atom. The Hall–Kier alpha value is -3.65. The van der Waals surface area contributed by atoms with Gasteiger partial charge < -0.3 is 10.1 Å². The number of rotatable bonds is 4. The number of methoxy groups -OCH3 is 1. The highest BCUT2D eigenvalue weighted by Crippen LogP contribution is 2.42. The number of para-hydroxylation sites is 1. The fourth-order valence-corrected chi connectivity index (χ4v) is 5.32. The number of anilines is 2. The minimum Gasteiger partial charge on any atom is -0.465 e. The van der Waals surface area contributed by atoms with Gasteiger partial charge in [0.1, 0.15) is 6.54 Å². The first-order valence-corrected chi connectivity index (χ1v) is 11.0. The summed E-state index contributed by atoms with van der Waals surface area (Å²) in [6.45, 7) is 1.28. The van der Waals surface area contributed by atoms with E-state index in [2.05, 4.69) is 5.32 Å². The van der Waals surface area contributed by atoms with Gasteiger partial charge in [-0.25, -0.2) is 13.2 Å². The molecule has 158 valence electrons. The van der Waals surface area contributed by atoms with E-state index in [0.717, 1.165) is 9.87 Å². The minimum absolute atomic E-state index is 0.158. The number of amides is 1. The molecule has 3 aromatic carbocycles. The molecular weight excluding hydrogens is 416 g/mol. The molecule has 3 aromatic rings. The normalized spacial score (nSPS) is 13.7. The van der Waals surface area contributed by atoms with Gasteiger partial charge in [-0.1, -0.05) is 42.5 Å². The zero-order chi connectivity index (χ0) is 22.2. The summed E-state index contributed by atoms with van der Waals surface area (Å²) in [7, 11) is -2.64. The fourth-order valence-electron chi connectivity index (χ4n) is 3.67. The van der Waals surface area contributed by atoms with Gasteiger partial charge in [-0.3, -0.25) is 9.10 Å². The zero-order valence-electron chi connectivity index (χ0n) is 17.0. The molecule has 1 N–H and O–H groups in total. The molecule has 0 fully saturated rings. The van der Waals surface area contributed by atoms with E-state index in [0.29, 0.717) is 28.1 Å². The summed E-state index contributed by atoms with van der Waals surface area (Å²) >= 11 is 0. The van der Waals surface area contributed by atoms with Crippen LogP contribution in [-0.4, -0.2) is 33.9 Å². The largest absolute Gasteiger partial charge is 0.465 e. The molecule has 0 radical (unpaired) electrons. The van der Waals surface area contributed by atoms with Gasteiger partial charge in [0.05, 0.1) is 23.3 Å². The SMILES string of the molecule is COC(=O)c1cccc(NC(=O)CN2c3ccccc3-c3ccccc3S2(=O)=O)c1C. The number of ether oxygens (including phenoxy) is 1. The van der Waals surface area contributed by atoms with Crippen LogP contribution in [0.1, 0.15) is 15.9 Å². The summed E-state index contributed by atoms with van der Waals surface area (Å²) in [4.78, 5) is 24.9. The van der Waals surface area contributed by atoms with Crippen molar-refractivity contribution in [2.45, 2.75) is 11.8 Å². The summed E-state index contributed by atoms with van der Waals surface area (Å²) in [6.07, 6.45) is 0. The van der Waals surface area contributed by atoms with E-state index in [1.54, 1.807) is 55.5 Å². The standard InChI is InChI=1S/C23H20N2O5S/c1-15-16(23(27)30-2)10-7-11-19(15)24-22(26)14-25-20-12-5-3-8-17(20)18-9-4-6-13-21(18)31(25,28)29/h3-13H,14H2,1-2H3,(H,24,26). The van der Waals surface area contributed by atoms with Crippen molar-refractivity contribution in [1.82, 2.24) is 0 Å². The lowest BCUT2D eigenvalue weighted by Crippen LogP contribution is -2.40. The first kappa shape index (κ1) is 20.6. The van der Waals surface area contributed by atoms with Gasteiger partial charge in [0.25, 0.3) is 10.0 Å². The van der Waals surface area contributed by atoms with Gasteiger partial charge in [0.15, 0.2) is 0 Å². The van der Waals surface area contributed by atoms with Gasteiger partial charge in [-0.15, -0.1) is 0 Å². The lowest BCUT2D eigenvalue weighted by Gasteiger charge is -2.31. The van der Waals surface area contributed by atoms with Crippen LogP contribution in [-0.2, 0) is 19.6 Å². The van der Waals surface area contributed by atoms with E-state index >= 15 is 0 Å². The fraction of sp³-hybridized carbons (Fsp3) is 0.130. The molecule has 0 spiro atoms. The molecule has 4 rings (SSSR count). The first-order chi connectivity index (χ1) is 14.8. The Balaban J connectivity index is 1.67. The molecule has 31 heavy (non-hydrogen) atoms. The Morgan fingerprint density at radius 1 is 0.935 bits per heavy atom. The zero-order valence-corrected chi connectivity index (χ0v) is 17.8. The van der Waals surface area contributed by atoms with Crippen molar-refractivity contribution in [2.24, 2.45) is 0 Å². The molecule has 0 aliphatic carbocycles. The monoisotopic (exact) mass is 436 g/mol. The molecule has 0 saturated heterocycles. The molecule has 0 atom stereocenters. The second-order valence-corrected chi connectivity index (χ2v) is 8.87. The van der Waals surface area contributed by atoms with Gasteiger partial charge >= 0.3 is 5.97 Å². The van der Waals surface area contributed by atoms with Crippen LogP contribution in [0.4, 0.5) is 11.4 Å². The number of nitrogens with zero attached hydrogens (tertiary/aromatic N) is 1. The maximum absolute atomic E-state index is 13.3. The third-order valence-corrected chi connectivity index (χ3v) is 7.04. The molecule has 1 heterocycles. The first-order valence-electron chi connectivity index (χ1n) is 9.53. The maximum atomic E-state index is 13.3. The van der Waals surface area contributed by atoms with E-state index < -0.39 is 28.4 Å². The predicted octanol–water partition coefficient (Wildman–Crippen LogP) is 3.60. The number of carbonyl (C=O) groups is 2. The van der Waals surface area contributed by atoms with Gasteiger partial charge in [-0.2, -0.15) is 0 Å². The average molecular weight is 436 g/mol. The molecule has 1 aliphatic rings. The summed E-state index contributed by atoms with van der Waals surface area (Å²) in [6, 6.07) is 18.7. The van der Waals surface area contributed by atoms with Crippen molar-refractivity contribution in [3.63, 3.8) is 0 Å². The van der Waals surface area contributed by atoms with E-state index in [4.69, 9.17) is 4.74 Å². The number of benzene rings is 3. The summed E-state index contributed by atoms with van der Waals surface area (Å²) in [5.41, 5.74) is 3.06. The molecule has 0 bridgehead atoms. The molecular formula is C23H20N2O5S. The van der Waals surface area contributed by atoms with Crippen LogP contribution in [0.15, 0.2) is 71.6 Å². The van der Waals surface area contributed by atoms with Crippen LogP contribution in [0.5, 0.6) is 0 Å². The lowest BCUT2D eigenvalue weighted by molar-refractivity contribution is -0.114. The molecule has 1 amide bonds. The van der Waals surface area contributed by atoms with Gasteiger partial charge in [-0.05, 0) is 36.8 Å². The van der Waals surface area contributed by atoms with Crippen molar-refractivity contribution >= 4 is 33.3 Å². The van der Waals surface area contributed by atoms with E-state index in [1.807, 2.05) is 12.1 Å². The molecule has 8 heteroatoms. The number of hydrogen-bond donors (Lipinski definition) is 1. The van der Waals surface area contributed by atoms with Crippen LogP contribution in [0.3, 0.4) is 0 Å². The highest BCUT2D eigenvalue weighted by atomic mass is 32.2. The Bertz CT molecular complexity index is 1300. The van der Waals surface area contributed by atoms with Crippen LogP contribution in [0, 0.1) is 6.92 Å². The third kappa shape index (κ3) is 3.55. The Kier molecular flexibility index (Phi) is 5.24. The summed E-state index contributed by atoms with van der Waals surface area (Å²) in [5, 5.41) is 2.72. The third-order valence-electron chi connectivity index (χ3n) is 5.22. The Morgan fingerprint density at radius 3 is 2.35 bits per heavy atom. The van der Waals surface area contributed by atoms with E-state index in [1.165, 1.54) is 13.2 Å². The number of sulfonamides is 1. The maximum Gasteiger partial charge on any atom is 0.338 e. The number of nitrogens with one attached hydrogen (secondary N) is 1. The summed E-state index contributed by atoms with van der Waals surface area (Å²) < 4.78 is 32.4. The molecule has 0 unspecified atom stereocenters. The molecule has 7 nitrogen and oxygen atoms in total. The van der Waals surface area contributed by atoms with Crippen molar-refractivity contribution in [3.05, 3.63) is 77.9 Å². The second-order valence-electron chi connectivity index (χ2n) is 7.04. The highest BCUT2D eigenvalue weighted by molar-refractivity contribution is 7.93. The smallest absolute Gasteiger partial charge is 0.338 e. The lowest BCUT2D eigenvalue weighted by atomic mass is 10.0. The summed E-state index contributed by atoms with van der Waals surface area (Å²) in [5.74, 6) is -1.04. The van der Waals surface area contributed by atoms with Crippen molar-refractivity contribution in [1.29, 1.82) is 0 Å². The topological polar surface area (TPSA) is 92.8 Å². The van der Waals surface area contributed by atoms with Crippen LogP contribution in [0.2, 0.25) is 0 Å². The number of fused-ring (bicyclic) bond motifs is 3. The number of esters is 1. The van der Waals surface area contributed by atoms with Crippen molar-refractivity contribution in [2.75, 3.05) is 23.3 Å². The van der Waals surface area contributed by atoms with Crippen molar-refractivity contribution < 1.29 is 22.7 Å². The number of hydrogen-bond acceptors (Lipinski definition) is 5. The minimum atomic E-state index is -3.92. The van der Waals surface area contributed by atoms with Gasteiger partial charge in [0.2, 0.25) is 5.91 Å². The second kappa shape index (κ2) is 7.88.